The number of ketones is 1. The summed E-state index contributed by atoms with van der Waals surface area (Å²) < 4.78 is 5.07. The molecule has 0 saturated heterocycles. The second-order valence-electron chi connectivity index (χ2n) is 6.95. The number of halogens is 1. The fourth-order valence-electron chi connectivity index (χ4n) is 3.52. The van der Waals surface area contributed by atoms with Crippen molar-refractivity contribution in [3.8, 4) is 17.2 Å². The number of aromatic nitrogens is 6. The number of hydrogen-bond acceptors (Lipinski definition) is 6. The van der Waals surface area contributed by atoms with Gasteiger partial charge in [0.1, 0.15) is 5.69 Å². The maximum absolute atomic E-state index is 13.0. The van der Waals surface area contributed by atoms with Crippen LogP contribution in [0.1, 0.15) is 28.7 Å². The molecule has 1 aromatic carbocycles. The number of benzene rings is 1. The molecule has 3 aromatic heterocycles. The fourth-order valence-corrected chi connectivity index (χ4v) is 4.67. The van der Waals surface area contributed by atoms with Crippen LogP contribution in [0.2, 0.25) is 0 Å². The Balaban J connectivity index is 1.54. The monoisotopic (exact) mass is 496 g/mol. The van der Waals surface area contributed by atoms with Crippen molar-refractivity contribution in [3.63, 3.8) is 0 Å². The Morgan fingerprint density at radius 1 is 1.13 bits per heavy atom. The van der Waals surface area contributed by atoms with Gasteiger partial charge >= 0.3 is 0 Å². The molecule has 7 nitrogen and oxygen atoms in total. The number of aryl methyl sites for hydroxylation is 1. The third-order valence-corrected chi connectivity index (χ3v) is 6.47. The summed E-state index contributed by atoms with van der Waals surface area (Å²) in [5.74, 6) is 0.996. The maximum Gasteiger partial charge on any atom is 0.191 e. The molecule has 0 radical (unpaired) electrons. The lowest BCUT2D eigenvalue weighted by Gasteiger charge is -2.10. The lowest BCUT2D eigenvalue weighted by Crippen LogP contribution is -2.07. The first-order chi connectivity index (χ1) is 15.0. The van der Waals surface area contributed by atoms with E-state index in [1.165, 1.54) is 11.8 Å². The molecule has 3 heterocycles. The van der Waals surface area contributed by atoms with Crippen molar-refractivity contribution < 1.29 is 4.79 Å². The highest BCUT2D eigenvalue weighted by Crippen LogP contribution is 2.26. The van der Waals surface area contributed by atoms with Crippen LogP contribution in [0.4, 0.5) is 0 Å². The molecule has 9 heteroatoms. The van der Waals surface area contributed by atoms with Gasteiger partial charge in [-0.2, -0.15) is 0 Å². The van der Waals surface area contributed by atoms with E-state index in [0.29, 0.717) is 23.2 Å². The molecule has 158 valence electrons. The number of carbonyl (C=O) groups is 1. The van der Waals surface area contributed by atoms with E-state index in [1.54, 1.807) is 18.6 Å². The van der Waals surface area contributed by atoms with E-state index < -0.39 is 0 Å². The van der Waals surface area contributed by atoms with Crippen LogP contribution in [0.15, 0.2) is 58.6 Å². The first-order valence-electron chi connectivity index (χ1n) is 9.80. The van der Waals surface area contributed by atoms with Crippen molar-refractivity contribution in [1.29, 1.82) is 0 Å². The average molecular weight is 497 g/mol. The van der Waals surface area contributed by atoms with Crippen LogP contribution in [0.25, 0.3) is 17.2 Å². The minimum Gasteiger partial charge on any atom is -0.318 e. The topological polar surface area (TPSA) is 78.5 Å². The van der Waals surface area contributed by atoms with Gasteiger partial charge in [-0.1, -0.05) is 27.7 Å². The van der Waals surface area contributed by atoms with Gasteiger partial charge in [-0.25, -0.2) is 4.98 Å². The molecule has 0 aliphatic rings. The van der Waals surface area contributed by atoms with Gasteiger partial charge < -0.3 is 9.13 Å². The van der Waals surface area contributed by atoms with Gasteiger partial charge in [0.05, 0.1) is 11.9 Å². The first kappa shape index (κ1) is 21.5. The minimum atomic E-state index is 0.0631. The lowest BCUT2D eigenvalue weighted by atomic mass is 10.2. The lowest BCUT2D eigenvalue weighted by molar-refractivity contribution is 0.102. The van der Waals surface area contributed by atoms with Gasteiger partial charge in [-0.3, -0.25) is 9.78 Å². The largest absolute Gasteiger partial charge is 0.318 e. The Morgan fingerprint density at radius 3 is 2.58 bits per heavy atom. The highest BCUT2D eigenvalue weighted by molar-refractivity contribution is 9.10. The number of hydrogen-bond donors (Lipinski definition) is 0. The first-order valence-corrected chi connectivity index (χ1v) is 11.6. The van der Waals surface area contributed by atoms with E-state index in [4.69, 9.17) is 0 Å². The second-order valence-corrected chi connectivity index (χ2v) is 8.81. The molecule has 4 rings (SSSR count). The minimum absolute atomic E-state index is 0.0631. The predicted octanol–water partition coefficient (Wildman–Crippen LogP) is 4.90. The normalized spacial score (nSPS) is 11.1. The highest BCUT2D eigenvalue weighted by Gasteiger charge is 2.19. The molecular weight excluding hydrogens is 476 g/mol. The van der Waals surface area contributed by atoms with Gasteiger partial charge in [-0.15, -0.1) is 10.2 Å². The van der Waals surface area contributed by atoms with E-state index >= 15 is 0 Å². The number of nitrogens with zero attached hydrogens (tertiary/aromatic N) is 6. The summed E-state index contributed by atoms with van der Waals surface area (Å²) in [4.78, 5) is 21.4. The average Bonchev–Trinajstić information content (AvgIpc) is 3.33. The Morgan fingerprint density at radius 2 is 1.90 bits per heavy atom. The van der Waals surface area contributed by atoms with Crippen LogP contribution in [0, 0.1) is 13.8 Å². The van der Waals surface area contributed by atoms with Crippen LogP contribution in [0.3, 0.4) is 0 Å². The Hall–Kier alpha value is -2.78. The van der Waals surface area contributed by atoms with Crippen LogP contribution in [0.5, 0.6) is 0 Å². The van der Waals surface area contributed by atoms with Gasteiger partial charge in [-0.05, 0) is 51.1 Å². The zero-order chi connectivity index (χ0) is 22.0. The van der Waals surface area contributed by atoms with Gasteiger partial charge in [0.2, 0.25) is 0 Å². The summed E-state index contributed by atoms with van der Waals surface area (Å²) >= 11 is 4.86. The van der Waals surface area contributed by atoms with Crippen molar-refractivity contribution in [2.75, 3.05) is 5.75 Å². The number of thioether (sulfide) groups is 1. The molecule has 0 aliphatic carbocycles. The standard InChI is InChI=1S/C22H21BrN6OS/c1-4-28-21(19-12-24-9-10-25-19)26-27-22(28)31-13-20(30)18-11-14(2)29(15(18)3)17-7-5-16(23)6-8-17/h5-12H,4,13H2,1-3H3. The highest BCUT2D eigenvalue weighted by atomic mass is 79.9. The van der Waals surface area contributed by atoms with Crippen LogP contribution >= 0.6 is 27.7 Å². The molecule has 0 aliphatic heterocycles. The third kappa shape index (κ3) is 4.33. The zero-order valence-corrected chi connectivity index (χ0v) is 19.8. The summed E-state index contributed by atoms with van der Waals surface area (Å²) in [6, 6.07) is 10.0. The predicted molar refractivity (Wildman–Crippen MR) is 125 cm³/mol. The van der Waals surface area contributed by atoms with E-state index in [-0.39, 0.29) is 11.5 Å². The summed E-state index contributed by atoms with van der Waals surface area (Å²) in [6.45, 7) is 6.68. The molecule has 0 N–H and O–H groups in total. The smallest absolute Gasteiger partial charge is 0.191 e. The van der Waals surface area contributed by atoms with E-state index in [0.717, 1.165) is 27.1 Å². The SMILES string of the molecule is CCn1c(SCC(=O)c2cc(C)n(-c3ccc(Br)cc3)c2C)nnc1-c1cnccn1. The molecule has 0 saturated carbocycles. The van der Waals surface area contributed by atoms with Crippen molar-refractivity contribution in [2.45, 2.75) is 32.5 Å². The van der Waals surface area contributed by atoms with Crippen LogP contribution < -0.4 is 0 Å². The molecule has 0 atom stereocenters. The summed E-state index contributed by atoms with van der Waals surface area (Å²) in [7, 11) is 0. The summed E-state index contributed by atoms with van der Waals surface area (Å²) in [5.41, 5.74) is 4.37. The van der Waals surface area contributed by atoms with E-state index in [9.17, 15) is 4.79 Å². The van der Waals surface area contributed by atoms with Crippen molar-refractivity contribution in [2.24, 2.45) is 0 Å². The van der Waals surface area contributed by atoms with E-state index in [1.807, 2.05) is 55.7 Å². The van der Waals surface area contributed by atoms with Gasteiger partial charge in [0.25, 0.3) is 0 Å². The Labute approximate surface area is 193 Å². The van der Waals surface area contributed by atoms with Crippen molar-refractivity contribution >= 4 is 33.5 Å². The maximum atomic E-state index is 13.0. The molecule has 0 unspecified atom stereocenters. The number of rotatable bonds is 7. The van der Waals surface area contributed by atoms with Crippen molar-refractivity contribution in [3.05, 3.63) is 70.3 Å². The molecule has 0 spiro atoms. The molecule has 0 amide bonds. The number of Topliss-reactive ketones (excluding diaryl/α,β-unsaturated/α-hetero) is 1. The van der Waals surface area contributed by atoms with Crippen molar-refractivity contribution in [1.82, 2.24) is 29.3 Å². The Bertz CT molecular complexity index is 1220. The molecule has 0 fully saturated rings. The quantitative estimate of drug-likeness (QED) is 0.267. The van der Waals surface area contributed by atoms with E-state index in [2.05, 4.69) is 40.7 Å². The van der Waals surface area contributed by atoms with Gasteiger partial charge in [0.15, 0.2) is 16.8 Å². The second kappa shape index (κ2) is 9.15. The fraction of sp³-hybridized carbons (Fsp3) is 0.227. The van der Waals surface area contributed by atoms with Crippen LogP contribution in [-0.4, -0.2) is 40.8 Å². The number of carbonyl (C=O) groups excluding carboxylic acids is 1. The van der Waals surface area contributed by atoms with Crippen LogP contribution in [-0.2, 0) is 6.54 Å². The molecule has 4 aromatic rings. The Kier molecular flexibility index (Phi) is 6.33. The third-order valence-electron chi connectivity index (χ3n) is 4.97. The van der Waals surface area contributed by atoms with Gasteiger partial charge in [0, 0.05) is 46.0 Å². The molecular formula is C22H21BrN6OS. The molecule has 0 bridgehead atoms. The summed E-state index contributed by atoms with van der Waals surface area (Å²) in [5, 5.41) is 9.23. The molecule has 31 heavy (non-hydrogen) atoms. The summed E-state index contributed by atoms with van der Waals surface area (Å²) in [6.07, 6.45) is 4.91. The zero-order valence-electron chi connectivity index (χ0n) is 17.4.